The number of carbonyl (C=O) groups excluding carboxylic acids is 3. The first-order valence-electron chi connectivity index (χ1n) is 36.2. The summed E-state index contributed by atoms with van der Waals surface area (Å²) < 4.78 is 17.7. The van der Waals surface area contributed by atoms with Crippen LogP contribution in [-0.2, 0) is 47.8 Å². The first-order chi connectivity index (χ1) is 42.3. The molecule has 4 N–H and O–H groups in total. The molecule has 10 aliphatic rings. The highest BCUT2D eigenvalue weighted by molar-refractivity contribution is 5.82. The van der Waals surface area contributed by atoms with Gasteiger partial charge in [-0.15, -0.1) is 0 Å². The van der Waals surface area contributed by atoms with Crippen molar-refractivity contribution in [3.63, 3.8) is 0 Å². The number of ether oxygens (including phenoxy) is 3. The summed E-state index contributed by atoms with van der Waals surface area (Å²) in [5.41, 5.74) is 4.05. The molecule has 0 saturated heterocycles. The van der Waals surface area contributed by atoms with Gasteiger partial charge in [0.05, 0.1) is 42.1 Å². The normalized spacial score (nSPS) is 38.0. The Bertz CT molecular complexity index is 2760. The topological polar surface area (TPSA) is 228 Å². The van der Waals surface area contributed by atoms with Crippen LogP contribution in [0.2, 0.25) is 0 Å². The maximum Gasteiger partial charge on any atom is 0.310 e. The van der Waals surface area contributed by atoms with Gasteiger partial charge in [0.2, 0.25) is 0 Å². The maximum atomic E-state index is 12.7. The van der Waals surface area contributed by atoms with Crippen molar-refractivity contribution in [2.45, 2.75) is 315 Å². The maximum absolute atomic E-state index is 12.7. The van der Waals surface area contributed by atoms with E-state index in [1.54, 1.807) is 47.1 Å². The third-order valence-electron chi connectivity index (χ3n) is 29.4. The Morgan fingerprint density at radius 1 is 0.557 bits per heavy atom. The van der Waals surface area contributed by atoms with Gasteiger partial charge in [-0.1, -0.05) is 179 Å². The van der Waals surface area contributed by atoms with Gasteiger partial charge >= 0.3 is 41.8 Å². The molecule has 0 aliphatic heterocycles. The molecule has 24 atom stereocenters. The molecule has 0 heterocycles. The molecule has 0 aromatic rings. The molecule has 10 rings (SSSR count). The van der Waals surface area contributed by atoms with Crippen molar-refractivity contribution < 1.29 is 68.2 Å². The molecule has 20 unspecified atom stereocenters. The van der Waals surface area contributed by atoms with Crippen LogP contribution in [0.3, 0.4) is 0 Å². The fourth-order valence-corrected chi connectivity index (χ4v) is 22.7. The van der Waals surface area contributed by atoms with Crippen LogP contribution in [0.15, 0.2) is 23.3 Å². The Morgan fingerprint density at radius 3 is 1.70 bits per heavy atom. The van der Waals surface area contributed by atoms with E-state index in [1.807, 2.05) is 0 Å². The highest BCUT2D eigenvalue weighted by atomic mass is 16.6. The van der Waals surface area contributed by atoms with E-state index in [1.165, 1.54) is 76.2 Å². The Hall–Kier alpha value is -4.23. The van der Waals surface area contributed by atoms with Gasteiger partial charge in [-0.05, 0) is 233 Å². The first-order valence-corrected chi connectivity index (χ1v) is 36.2. The second-order valence-corrected chi connectivity index (χ2v) is 34.5. The average Bonchev–Trinajstić information content (AvgIpc) is 1.55. The van der Waals surface area contributed by atoms with Crippen LogP contribution in [0, 0.1) is 139 Å². The number of allylic oxidation sites excluding steroid dienone is 4. The van der Waals surface area contributed by atoms with Crippen LogP contribution in [0.4, 0.5) is 0 Å². The predicted octanol–water partition coefficient (Wildman–Crippen LogP) is 20.8. The number of carboxylic acids is 4. The molecule has 10 aliphatic carbocycles. The number of rotatable bonds is 18. The standard InChI is InChI=1S/C30H48O6.C26H40O4.C21H34O4.6CH4/c1-17(6-11-26(31)32)23-9-10-24-22-8-7-20-16-21(36-28(35)19(3)18(2)27(33)34)12-14-29(20,4)25(22)13-15-30(23,24)5;1-16(2)19-8-10-21-20(14-19)9-11-22-25(5,12-7-13-26(21,22)6)15-30-24(29)18(4)17(3)23(27)28;1-12-7-8-15-19(4,5)16-11-21(12,15)10-9-20(16,6)25-18(24)14(3)13(2)17(22)23;;;;;;/h17-25H,6-16H2,1-5H3,(H,31,32)(H,33,34);9,14,16-18,21-22H,7-8,10-13,15H2,1-6H3,(H,27,28);12-16H,7-11H2,1-6H3,(H,22,23);6*1H4/t17?,18?,19?,20?,21-,22?,23?,24?,25?,29?,30?;;12?,13?,14?,15?,16-,20-,21+;;;;;;/m1.1....../s1. The van der Waals surface area contributed by atoms with Gasteiger partial charge in [0.25, 0.3) is 0 Å². The van der Waals surface area contributed by atoms with Gasteiger partial charge < -0.3 is 34.6 Å². The van der Waals surface area contributed by atoms with Crippen LogP contribution in [0.25, 0.3) is 0 Å². The summed E-state index contributed by atoms with van der Waals surface area (Å²) >= 11 is 0. The lowest BCUT2D eigenvalue weighted by atomic mass is 9.44. The smallest absolute Gasteiger partial charge is 0.310 e. The number of hydrogen-bond acceptors (Lipinski definition) is 10. The van der Waals surface area contributed by atoms with Gasteiger partial charge in [-0.25, -0.2) is 0 Å². The largest absolute Gasteiger partial charge is 0.481 e. The summed E-state index contributed by atoms with van der Waals surface area (Å²) in [6, 6.07) is 0. The zero-order chi connectivity index (χ0) is 67.5. The minimum atomic E-state index is -0.955. The third kappa shape index (κ3) is 17.0. The molecule has 8 saturated carbocycles. The summed E-state index contributed by atoms with van der Waals surface area (Å²) in [6.45, 7) is 36.0. The fraction of sp³-hybridized carbons (Fsp3) is 0.867. The van der Waals surface area contributed by atoms with Crippen molar-refractivity contribution in [1.82, 2.24) is 0 Å². The molecule has 97 heavy (non-hydrogen) atoms. The molecule has 14 nitrogen and oxygen atoms in total. The summed E-state index contributed by atoms with van der Waals surface area (Å²) in [5.74, 6) is -1.25. The summed E-state index contributed by atoms with van der Waals surface area (Å²) in [4.78, 5) is 82.7. The minimum absolute atomic E-state index is 0. The van der Waals surface area contributed by atoms with Gasteiger partial charge in [-0.2, -0.15) is 0 Å². The number of hydrogen-bond donors (Lipinski definition) is 4. The van der Waals surface area contributed by atoms with Gasteiger partial charge in [0.15, 0.2) is 0 Å². The SMILES string of the molecule is C.C.C.C.C.C.CC(C(=O)O)C(C)C(=O)O[C@]1(C)CC[C@@]23C[C@@H]1C(C)(C)C2CCC3C.CC(C)C1=CC2=CCC3C(C)(COC(=O)C(C)C(C)C(=O)O)CCCC3(C)C2CC1.CC(CCC(=O)O)C1CCC2C3CCC4C[C@H](OC(=O)C(C)C(C)C(=O)O)CCC4(C)C3CCC12C. The highest BCUT2D eigenvalue weighted by Crippen LogP contribution is 2.74. The molecule has 1 spiro atoms. The lowest BCUT2D eigenvalue weighted by molar-refractivity contribution is -0.181. The van der Waals surface area contributed by atoms with Crippen molar-refractivity contribution in [2.24, 2.45) is 139 Å². The molecular formula is C83H146O14. The van der Waals surface area contributed by atoms with Crippen molar-refractivity contribution in [2.75, 3.05) is 6.61 Å². The van der Waals surface area contributed by atoms with E-state index in [0.29, 0.717) is 64.3 Å². The average molecular weight is 1370 g/mol. The molecule has 0 amide bonds. The Kier molecular flexibility index (Phi) is 30.9. The fourth-order valence-electron chi connectivity index (χ4n) is 22.7. The van der Waals surface area contributed by atoms with Crippen LogP contribution in [-0.4, -0.2) is 80.5 Å². The monoisotopic (exact) mass is 1370 g/mol. The Balaban J connectivity index is 0.000000487. The van der Waals surface area contributed by atoms with Crippen molar-refractivity contribution in [3.05, 3.63) is 23.3 Å². The van der Waals surface area contributed by atoms with Gasteiger partial charge in [0.1, 0.15) is 11.7 Å². The van der Waals surface area contributed by atoms with Crippen LogP contribution in [0.1, 0.15) is 304 Å². The zero-order valence-corrected chi connectivity index (χ0v) is 59.3. The molecule has 562 valence electrons. The van der Waals surface area contributed by atoms with Crippen LogP contribution < -0.4 is 0 Å². The van der Waals surface area contributed by atoms with Crippen molar-refractivity contribution in [3.8, 4) is 0 Å². The quantitative estimate of drug-likeness (QED) is 0.0739. The van der Waals surface area contributed by atoms with Crippen LogP contribution >= 0.6 is 0 Å². The second-order valence-electron chi connectivity index (χ2n) is 34.5. The molecule has 14 heteroatoms. The van der Waals surface area contributed by atoms with Gasteiger partial charge in [0, 0.05) is 17.8 Å². The van der Waals surface area contributed by atoms with E-state index in [9.17, 15) is 54.0 Å². The molecule has 0 radical (unpaired) electrons. The van der Waals surface area contributed by atoms with Gasteiger partial charge in [-0.3, -0.25) is 33.6 Å². The summed E-state index contributed by atoms with van der Waals surface area (Å²) in [7, 11) is 0. The number of fused-ring (bicyclic) bond motifs is 9. The molecule has 0 aromatic carbocycles. The molecule has 2 bridgehead atoms. The minimum Gasteiger partial charge on any atom is -0.481 e. The first kappa shape index (κ1) is 88.9. The highest BCUT2D eigenvalue weighted by Gasteiger charge is 2.69. The second kappa shape index (κ2) is 33.7. The predicted molar refractivity (Wildman–Crippen MR) is 392 cm³/mol. The summed E-state index contributed by atoms with van der Waals surface area (Å²) in [5, 5.41) is 36.8. The number of esters is 3. The van der Waals surface area contributed by atoms with E-state index in [-0.39, 0.29) is 91.2 Å². The Morgan fingerprint density at radius 2 is 1.12 bits per heavy atom. The number of carbonyl (C=O) groups is 7. The summed E-state index contributed by atoms with van der Waals surface area (Å²) in [6.07, 6.45) is 29.0. The van der Waals surface area contributed by atoms with E-state index < -0.39 is 65.0 Å². The van der Waals surface area contributed by atoms with Crippen LogP contribution in [0.5, 0.6) is 0 Å². The molecule has 0 aromatic heterocycles. The van der Waals surface area contributed by atoms with E-state index >= 15 is 0 Å². The van der Waals surface area contributed by atoms with E-state index in [0.717, 1.165) is 93.8 Å². The van der Waals surface area contributed by atoms with E-state index in [2.05, 4.69) is 88.3 Å². The Labute approximate surface area is 591 Å². The zero-order valence-electron chi connectivity index (χ0n) is 59.3. The lowest BCUT2D eigenvalue weighted by Crippen LogP contribution is -2.54. The number of aliphatic carboxylic acids is 4. The third-order valence-corrected chi connectivity index (χ3v) is 29.4. The lowest BCUT2D eigenvalue weighted by Gasteiger charge is -2.61. The van der Waals surface area contributed by atoms with Crippen molar-refractivity contribution >= 4 is 41.8 Å². The number of carboxylic acid groups (broad SMARTS) is 4. The van der Waals surface area contributed by atoms with Crippen molar-refractivity contribution in [1.29, 1.82) is 0 Å². The van der Waals surface area contributed by atoms with E-state index in [4.69, 9.17) is 14.2 Å². The molecule has 8 fully saturated rings. The molecular weight excluding hydrogens is 1220 g/mol.